The molecule has 116 valence electrons. The van der Waals surface area contributed by atoms with E-state index in [1.54, 1.807) is 0 Å². The third-order valence-corrected chi connectivity index (χ3v) is 4.03. The summed E-state index contributed by atoms with van der Waals surface area (Å²) in [5, 5.41) is 3.54. The van der Waals surface area contributed by atoms with E-state index in [9.17, 15) is 0 Å². The van der Waals surface area contributed by atoms with Crippen LogP contribution < -0.4 is 10.1 Å². The fourth-order valence-electron chi connectivity index (χ4n) is 2.66. The van der Waals surface area contributed by atoms with Crippen molar-refractivity contribution in [3.05, 3.63) is 42.0 Å². The van der Waals surface area contributed by atoms with Crippen LogP contribution in [0.15, 0.2) is 36.4 Å². The second-order valence-corrected chi connectivity index (χ2v) is 6.05. The van der Waals surface area contributed by atoms with Gasteiger partial charge in [0.25, 0.3) is 0 Å². The zero-order valence-corrected chi connectivity index (χ0v) is 13.5. The van der Waals surface area contributed by atoms with Gasteiger partial charge in [-0.25, -0.2) is 0 Å². The first-order chi connectivity index (χ1) is 10.3. The molecule has 0 fully saturated rings. The molecule has 0 saturated carbocycles. The van der Waals surface area contributed by atoms with E-state index in [0.717, 1.165) is 25.1 Å². The van der Waals surface area contributed by atoms with Gasteiger partial charge in [0.1, 0.15) is 11.9 Å². The van der Waals surface area contributed by atoms with Crippen LogP contribution in [0, 0.1) is 0 Å². The first kappa shape index (κ1) is 16.1. The molecular formula is C19H29NO. The van der Waals surface area contributed by atoms with Crippen LogP contribution in [-0.2, 0) is 6.42 Å². The smallest absolute Gasteiger partial charge is 0.120 e. The van der Waals surface area contributed by atoms with Gasteiger partial charge in [0.15, 0.2) is 0 Å². The zero-order chi connectivity index (χ0) is 14.9. The van der Waals surface area contributed by atoms with E-state index < -0.39 is 0 Å². The molecule has 1 aromatic rings. The fraction of sp³-hybridized carbons (Fsp3) is 0.579. The molecule has 0 heterocycles. The number of nitrogens with one attached hydrogen (secondary N) is 1. The summed E-state index contributed by atoms with van der Waals surface area (Å²) in [5.74, 6) is 0.993. The predicted molar refractivity (Wildman–Crippen MR) is 89.9 cm³/mol. The van der Waals surface area contributed by atoms with Crippen LogP contribution in [0.25, 0.3) is 0 Å². The Morgan fingerprint density at radius 2 is 2.10 bits per heavy atom. The molecule has 2 nitrogen and oxygen atoms in total. The molecule has 2 unspecified atom stereocenters. The number of ether oxygens (including phenoxy) is 1. The van der Waals surface area contributed by atoms with Crippen molar-refractivity contribution in [3.8, 4) is 5.75 Å². The van der Waals surface area contributed by atoms with Crippen molar-refractivity contribution in [2.45, 2.75) is 64.5 Å². The molecule has 0 aliphatic heterocycles. The van der Waals surface area contributed by atoms with Crippen LogP contribution >= 0.6 is 0 Å². The first-order valence-electron chi connectivity index (χ1n) is 8.43. The highest BCUT2D eigenvalue weighted by molar-refractivity contribution is 5.28. The number of allylic oxidation sites excluding steroid dienone is 1. The molecule has 2 heteroatoms. The van der Waals surface area contributed by atoms with E-state index in [1.807, 2.05) is 0 Å². The highest BCUT2D eigenvalue weighted by atomic mass is 16.5. The maximum atomic E-state index is 5.99. The largest absolute Gasteiger partial charge is 0.486 e. The van der Waals surface area contributed by atoms with Gasteiger partial charge in [0.2, 0.25) is 0 Å². The average Bonchev–Trinajstić information content (AvgIpc) is 2.53. The van der Waals surface area contributed by atoms with Gasteiger partial charge in [-0.2, -0.15) is 0 Å². The zero-order valence-electron chi connectivity index (χ0n) is 13.5. The van der Waals surface area contributed by atoms with Crippen LogP contribution in [0.1, 0.15) is 51.5 Å². The van der Waals surface area contributed by atoms with Gasteiger partial charge in [-0.1, -0.05) is 25.1 Å². The molecule has 0 radical (unpaired) electrons. The van der Waals surface area contributed by atoms with Crippen LogP contribution in [-0.4, -0.2) is 18.7 Å². The van der Waals surface area contributed by atoms with Gasteiger partial charge in [0.05, 0.1) is 0 Å². The lowest BCUT2D eigenvalue weighted by molar-refractivity contribution is 0.230. The van der Waals surface area contributed by atoms with E-state index in [2.05, 4.69) is 55.6 Å². The number of aryl methyl sites for hydroxylation is 1. The molecule has 1 aliphatic carbocycles. The molecule has 0 aromatic heterocycles. The summed E-state index contributed by atoms with van der Waals surface area (Å²) >= 11 is 0. The monoisotopic (exact) mass is 287 g/mol. The average molecular weight is 287 g/mol. The van der Waals surface area contributed by atoms with Crippen LogP contribution in [0.3, 0.4) is 0 Å². The Morgan fingerprint density at radius 3 is 2.76 bits per heavy atom. The van der Waals surface area contributed by atoms with Gasteiger partial charge in [0, 0.05) is 6.04 Å². The van der Waals surface area contributed by atoms with Crippen molar-refractivity contribution in [1.82, 2.24) is 5.32 Å². The molecule has 1 aromatic carbocycles. The van der Waals surface area contributed by atoms with E-state index in [4.69, 9.17) is 4.74 Å². The lowest BCUT2D eigenvalue weighted by atomic mass is 10.0. The summed E-state index contributed by atoms with van der Waals surface area (Å²) < 4.78 is 5.99. The first-order valence-corrected chi connectivity index (χ1v) is 8.43. The predicted octanol–water partition coefficient (Wildman–Crippen LogP) is 4.49. The minimum atomic E-state index is 0.267. The Labute approximate surface area is 129 Å². The standard InChI is InChI=1S/C19H29NO/c1-3-15-20-16(2)9-10-17-11-13-19(14-12-17)21-18-7-5-4-6-8-18/h5,7,11-14,16,18,20H,3-4,6,8-10,15H2,1-2H3. The van der Waals surface area contributed by atoms with Crippen LogP contribution in [0.5, 0.6) is 5.75 Å². The highest BCUT2D eigenvalue weighted by Crippen LogP contribution is 2.20. The molecule has 2 rings (SSSR count). The molecule has 1 N–H and O–H groups in total. The van der Waals surface area contributed by atoms with Gasteiger partial charge in [-0.05, 0) is 75.8 Å². The van der Waals surface area contributed by atoms with E-state index in [-0.39, 0.29) is 6.10 Å². The minimum absolute atomic E-state index is 0.267. The molecular weight excluding hydrogens is 258 g/mol. The van der Waals surface area contributed by atoms with E-state index in [1.165, 1.54) is 31.2 Å². The maximum Gasteiger partial charge on any atom is 0.120 e. The van der Waals surface area contributed by atoms with Crippen molar-refractivity contribution in [3.63, 3.8) is 0 Å². The number of rotatable bonds is 8. The third-order valence-electron chi connectivity index (χ3n) is 4.03. The van der Waals surface area contributed by atoms with Gasteiger partial charge >= 0.3 is 0 Å². The van der Waals surface area contributed by atoms with Crippen molar-refractivity contribution < 1.29 is 4.74 Å². The maximum absolute atomic E-state index is 5.99. The molecule has 0 bridgehead atoms. The topological polar surface area (TPSA) is 21.3 Å². The summed E-state index contributed by atoms with van der Waals surface area (Å²) in [6.45, 7) is 5.59. The van der Waals surface area contributed by atoms with Gasteiger partial charge in [-0.15, -0.1) is 0 Å². The van der Waals surface area contributed by atoms with Crippen LogP contribution in [0.2, 0.25) is 0 Å². The van der Waals surface area contributed by atoms with Crippen LogP contribution in [0.4, 0.5) is 0 Å². The summed E-state index contributed by atoms with van der Waals surface area (Å²) in [7, 11) is 0. The van der Waals surface area contributed by atoms with E-state index >= 15 is 0 Å². The van der Waals surface area contributed by atoms with Crippen molar-refractivity contribution >= 4 is 0 Å². The van der Waals surface area contributed by atoms with E-state index in [0.29, 0.717) is 6.04 Å². The molecule has 0 amide bonds. The molecule has 0 spiro atoms. The number of hydrogen-bond donors (Lipinski definition) is 1. The molecule has 1 aliphatic rings. The molecule has 0 saturated heterocycles. The van der Waals surface area contributed by atoms with Crippen molar-refractivity contribution in [1.29, 1.82) is 0 Å². The summed E-state index contributed by atoms with van der Waals surface area (Å²) in [6.07, 6.45) is 11.8. The van der Waals surface area contributed by atoms with Crippen molar-refractivity contribution in [2.75, 3.05) is 6.54 Å². The minimum Gasteiger partial charge on any atom is -0.486 e. The quantitative estimate of drug-likeness (QED) is 0.711. The Morgan fingerprint density at radius 1 is 1.29 bits per heavy atom. The summed E-state index contributed by atoms with van der Waals surface area (Å²) in [4.78, 5) is 0. The number of benzene rings is 1. The Kier molecular flexibility index (Phi) is 6.81. The highest BCUT2D eigenvalue weighted by Gasteiger charge is 2.09. The second-order valence-electron chi connectivity index (χ2n) is 6.05. The Hall–Kier alpha value is -1.28. The lowest BCUT2D eigenvalue weighted by Gasteiger charge is -2.18. The normalized spacial score (nSPS) is 19.4. The Bertz CT molecular complexity index is 424. The Balaban J connectivity index is 1.76. The lowest BCUT2D eigenvalue weighted by Crippen LogP contribution is -2.27. The third kappa shape index (κ3) is 5.92. The van der Waals surface area contributed by atoms with Gasteiger partial charge in [-0.3, -0.25) is 0 Å². The van der Waals surface area contributed by atoms with Gasteiger partial charge < -0.3 is 10.1 Å². The molecule has 2 atom stereocenters. The number of hydrogen-bond acceptors (Lipinski definition) is 2. The fourth-order valence-corrected chi connectivity index (χ4v) is 2.66. The molecule has 21 heavy (non-hydrogen) atoms. The second kappa shape index (κ2) is 8.89. The SMILES string of the molecule is CCCNC(C)CCc1ccc(OC2C=CCCC2)cc1. The summed E-state index contributed by atoms with van der Waals surface area (Å²) in [6, 6.07) is 9.22. The van der Waals surface area contributed by atoms with Crippen molar-refractivity contribution in [2.24, 2.45) is 0 Å². The summed E-state index contributed by atoms with van der Waals surface area (Å²) in [5.41, 5.74) is 1.40.